The van der Waals surface area contributed by atoms with Crippen LogP contribution in [0.15, 0.2) is 67.7 Å². The van der Waals surface area contributed by atoms with E-state index in [4.69, 9.17) is 0 Å². The Morgan fingerprint density at radius 2 is 0.351 bits per heavy atom. The van der Waals surface area contributed by atoms with Crippen molar-refractivity contribution in [1.82, 2.24) is 0 Å². The number of aryl methyl sites for hydroxylation is 4. The van der Waals surface area contributed by atoms with Gasteiger partial charge in [-0.15, -0.1) is 0 Å². The maximum Gasteiger partial charge on any atom is 1.00 e. The van der Waals surface area contributed by atoms with Gasteiger partial charge in [0.15, 0.2) is 21.7 Å². The first-order valence-corrected chi connectivity index (χ1v) is 23.6. The second-order valence-electron chi connectivity index (χ2n) is 20.3. The molecule has 0 aliphatic carbocycles. The SMILES string of the molecule is Cc1cc(=O)c2c(O)c3c(O)cc(O)c4c5c(O)cc(O)c6c(O)c7c(=O)cc(C)c8c1c2c(c34)c(c65)c78.Cc1cc(=O)c2c(O)c3c(O)cc(O)c4c5c(O)cc(O)c6c(O)c7c(=O)cc(C)c8c1c2c(c34)c(c65)c78.[H-].[Li+]. The molecule has 0 aliphatic rings. The van der Waals surface area contributed by atoms with E-state index in [0.29, 0.717) is 86.9 Å². The summed E-state index contributed by atoms with van der Waals surface area (Å²) in [5.74, 6) is -5.51. The van der Waals surface area contributed by atoms with Crippen LogP contribution in [-0.4, -0.2) is 61.3 Å². The van der Waals surface area contributed by atoms with E-state index in [-0.39, 0.29) is 106 Å². The monoisotopic (exact) mass is 1020 g/mol. The number of benzene rings is 16. The molecule has 0 spiro atoms. The minimum Gasteiger partial charge on any atom is -1.00 e. The van der Waals surface area contributed by atoms with Crippen LogP contribution >= 0.6 is 0 Å². The molecule has 17 heteroatoms. The molecule has 0 unspecified atom stereocenters. The predicted molar refractivity (Wildman–Crippen MR) is 293 cm³/mol. The fraction of sp³-hybridized carbons (Fsp3) is 0.0667. The molecule has 0 fully saturated rings. The molecule has 370 valence electrons. The van der Waals surface area contributed by atoms with Crippen molar-refractivity contribution >= 4 is 151 Å². The first-order chi connectivity index (χ1) is 36.1. The minimum atomic E-state index is -0.483. The molecule has 77 heavy (non-hydrogen) atoms. The predicted octanol–water partition coefficient (Wildman–Crippen LogP) is 7.28. The Balaban J connectivity index is 0.000000145. The van der Waals surface area contributed by atoms with Crippen molar-refractivity contribution in [2.24, 2.45) is 0 Å². The molecule has 0 bridgehead atoms. The molecule has 16 nitrogen and oxygen atoms in total. The van der Waals surface area contributed by atoms with E-state index in [1.165, 1.54) is 24.3 Å². The molecule has 0 saturated carbocycles. The second-order valence-corrected chi connectivity index (χ2v) is 20.3. The number of phenolic OH excluding ortho intramolecular Hbond substituents is 12. The summed E-state index contributed by atoms with van der Waals surface area (Å²) < 4.78 is 0. The largest absolute Gasteiger partial charge is 1.00 e. The van der Waals surface area contributed by atoms with Gasteiger partial charge in [0, 0.05) is 110 Å². The number of hydrogen-bond acceptors (Lipinski definition) is 16. The van der Waals surface area contributed by atoms with Crippen molar-refractivity contribution in [3.05, 3.63) is 112 Å². The first-order valence-electron chi connectivity index (χ1n) is 23.6. The molecule has 16 aromatic rings. The third-order valence-corrected chi connectivity index (χ3v) is 16.5. The van der Waals surface area contributed by atoms with Gasteiger partial charge >= 0.3 is 18.9 Å². The number of aromatic hydroxyl groups is 12. The van der Waals surface area contributed by atoms with E-state index in [1.54, 1.807) is 27.7 Å². The van der Waals surface area contributed by atoms with Crippen molar-refractivity contribution in [3.63, 3.8) is 0 Å². The number of fused-ring (bicyclic) bond motifs is 4. The van der Waals surface area contributed by atoms with Gasteiger partial charge in [0.25, 0.3) is 0 Å². The van der Waals surface area contributed by atoms with Gasteiger partial charge in [0.2, 0.25) is 0 Å². The summed E-state index contributed by atoms with van der Waals surface area (Å²) in [6.45, 7) is 6.94. The van der Waals surface area contributed by atoms with Crippen LogP contribution in [0, 0.1) is 27.7 Å². The molecule has 12 N–H and O–H groups in total. The normalized spacial score (nSPS) is 12.6. The number of hydrogen-bond donors (Lipinski definition) is 12. The summed E-state index contributed by atoms with van der Waals surface area (Å²) in [7, 11) is 0. The first kappa shape index (κ1) is 45.7. The van der Waals surface area contributed by atoms with Crippen molar-refractivity contribution < 1.29 is 81.6 Å². The van der Waals surface area contributed by atoms with Crippen LogP contribution in [0.3, 0.4) is 0 Å². The van der Waals surface area contributed by atoms with Crippen LogP contribution in [-0.2, 0) is 0 Å². The van der Waals surface area contributed by atoms with Crippen molar-refractivity contribution in [1.29, 1.82) is 0 Å². The number of rotatable bonds is 0. The molecule has 0 heterocycles. The van der Waals surface area contributed by atoms with Crippen LogP contribution < -0.4 is 40.6 Å². The summed E-state index contributed by atoms with van der Waals surface area (Å²) in [6, 6.07) is 9.54. The Morgan fingerprint density at radius 1 is 0.208 bits per heavy atom. The van der Waals surface area contributed by atoms with Crippen molar-refractivity contribution in [3.8, 4) is 69.0 Å². The van der Waals surface area contributed by atoms with Crippen molar-refractivity contribution in [2.45, 2.75) is 27.7 Å². The van der Waals surface area contributed by atoms with E-state index in [1.807, 2.05) is 0 Å². The van der Waals surface area contributed by atoms with Gasteiger partial charge in [-0.05, 0) is 95.8 Å². The summed E-state index contributed by atoms with van der Waals surface area (Å²) in [4.78, 5) is 53.4. The van der Waals surface area contributed by atoms with Crippen molar-refractivity contribution in [2.75, 3.05) is 0 Å². The molecule has 0 radical (unpaired) electrons. The zero-order chi connectivity index (χ0) is 53.4. The van der Waals surface area contributed by atoms with E-state index >= 15 is 0 Å². The van der Waals surface area contributed by atoms with Crippen LogP contribution in [0.1, 0.15) is 23.7 Å². The third kappa shape index (κ3) is 4.79. The standard InChI is InChI=1S/2C30H16O8.Li.H/c2*1-7-3-9(31)19-23-15(7)16-8(2)4-10(32)20-24(16)28-26-18(12(34)6-14(36)22(26)30(20)38)17-11(33)5-13(35)21(29(19)37)25(17)27(23)28;;/h2*3-6,33-38H,1-2H3;;/q;;+1;-1. The molecule has 0 amide bonds. The Morgan fingerprint density at radius 3 is 0.532 bits per heavy atom. The fourth-order valence-corrected chi connectivity index (χ4v) is 14.0. The molecule has 0 aromatic heterocycles. The molecule has 0 atom stereocenters. The second kappa shape index (κ2) is 13.9. The van der Waals surface area contributed by atoms with Gasteiger partial charge in [0.05, 0.1) is 43.1 Å². The van der Waals surface area contributed by atoms with E-state index in [9.17, 15) is 80.5 Å². The van der Waals surface area contributed by atoms with Gasteiger partial charge in [-0.2, -0.15) is 0 Å². The molecule has 16 rings (SSSR count). The zero-order valence-corrected chi connectivity index (χ0v) is 40.6. The quantitative estimate of drug-likeness (QED) is 0.0403. The van der Waals surface area contributed by atoms with Gasteiger partial charge in [-0.25, -0.2) is 0 Å². The maximum atomic E-state index is 13.4. The van der Waals surface area contributed by atoms with Crippen LogP contribution in [0.25, 0.3) is 151 Å². The topological polar surface area (TPSA) is 311 Å². The number of phenols is 12. The summed E-state index contributed by atoms with van der Waals surface area (Å²) in [5, 5.41) is 139. The van der Waals surface area contributed by atoms with Gasteiger partial charge < -0.3 is 62.7 Å². The van der Waals surface area contributed by atoms with Gasteiger partial charge in [-0.1, -0.05) is 0 Å². The smallest absolute Gasteiger partial charge is 1.00 e. The molecular formula is C60H33LiO16. The third-order valence-electron chi connectivity index (χ3n) is 16.5. The van der Waals surface area contributed by atoms with Crippen LogP contribution in [0.5, 0.6) is 69.0 Å². The van der Waals surface area contributed by atoms with E-state index < -0.39 is 90.7 Å². The Labute approximate surface area is 438 Å². The average molecular weight is 1020 g/mol. The Hall–Kier alpha value is -9.88. The summed E-state index contributed by atoms with van der Waals surface area (Å²) in [5.41, 5.74) is 0.350. The average Bonchev–Trinajstić information content (AvgIpc) is 1.53. The zero-order valence-electron chi connectivity index (χ0n) is 41.6. The van der Waals surface area contributed by atoms with E-state index in [0.717, 1.165) is 24.3 Å². The Bertz CT molecular complexity index is 5040. The van der Waals surface area contributed by atoms with Crippen LogP contribution in [0.2, 0.25) is 0 Å². The van der Waals surface area contributed by atoms with E-state index in [2.05, 4.69) is 0 Å². The summed E-state index contributed by atoms with van der Waals surface area (Å²) in [6.07, 6.45) is 0. The van der Waals surface area contributed by atoms with Crippen LogP contribution in [0.4, 0.5) is 0 Å². The summed E-state index contributed by atoms with van der Waals surface area (Å²) >= 11 is 0. The Kier molecular flexibility index (Phi) is 8.24. The van der Waals surface area contributed by atoms with Gasteiger partial charge in [0.1, 0.15) is 69.0 Å². The maximum absolute atomic E-state index is 13.4. The molecule has 16 aromatic carbocycles. The molecule has 0 saturated heterocycles. The van der Waals surface area contributed by atoms with Gasteiger partial charge in [-0.3, -0.25) is 19.2 Å². The fourth-order valence-electron chi connectivity index (χ4n) is 14.0. The molecule has 0 aliphatic heterocycles. The molecular weight excluding hydrogens is 984 g/mol. The minimum absolute atomic E-state index is 0.